The number of esters is 2. The SMILES string of the molecule is CN[C@H](C(=O)N[C@H](C(=O)N[C@@H]1C(=O)N(C)[C@@H]([C@@H](C)O)C(=O)N[C@@H](C(C)C)C(=O)N(C)[C@@H](CC(C)C)C(=O)N[C@@H](C(C)C)C(=O)N(C)[C@@H](C(C)C)C(=O)N(C)[C@@H](Cc2c[nH]c3cccc(OC)c23)C(=O)N[C@@H](C(C)C)C(=O)N[C@@H]([C@H](OC(=O)[C@@](OC)(c2ccccc2)C(F)(F)F)c2ccccc2)C(=O)N[C@@H](C(C)C)C(=O)O[C@@H]1C)C(C)C)C(C)C. The summed E-state index contributed by atoms with van der Waals surface area (Å²) in [5, 5.41) is 33.7. The molecule has 4 aromatic rings. The molecule has 1 aliphatic rings. The number of halogens is 3. The van der Waals surface area contributed by atoms with Gasteiger partial charge in [-0.2, -0.15) is 13.2 Å². The van der Waals surface area contributed by atoms with Gasteiger partial charge in [0.1, 0.15) is 78.3 Å². The predicted molar refractivity (Wildman–Crippen MR) is 438 cm³/mol. The number of methoxy groups -OCH3 is 2. The number of benzene rings is 3. The van der Waals surface area contributed by atoms with Crippen LogP contribution in [0.15, 0.2) is 85.1 Å². The van der Waals surface area contributed by atoms with Crippen molar-refractivity contribution in [3.63, 3.8) is 0 Å². The van der Waals surface area contributed by atoms with E-state index < -0.39 is 221 Å². The van der Waals surface area contributed by atoms with Crippen LogP contribution in [0.25, 0.3) is 10.9 Å². The zero-order valence-corrected chi connectivity index (χ0v) is 73.1. The highest BCUT2D eigenvalue weighted by Crippen LogP contribution is 2.45. The Bertz CT molecular complexity index is 4180. The number of cyclic esters (lactones) is 1. The smallest absolute Gasteiger partial charge is 0.432 e. The number of likely N-dealkylation sites (N-methyl/N-ethyl adjacent to an activating group) is 5. The maximum Gasteiger partial charge on any atom is 0.432 e. The summed E-state index contributed by atoms with van der Waals surface area (Å²) in [7, 11) is 8.62. The average molecular weight is 1680 g/mol. The number of fused-ring (bicyclic) bond motifs is 1. The number of nitrogens with zero attached hydrogens (tertiary/aromatic N) is 4. The molecule has 0 radical (unpaired) electrons. The number of carbonyl (C=O) groups is 13. The zero-order valence-electron chi connectivity index (χ0n) is 73.1. The first-order valence-corrected chi connectivity index (χ1v) is 40.3. The molecular weight excluding hydrogens is 1550 g/mol. The molecule has 1 saturated heterocycles. The van der Waals surface area contributed by atoms with Crippen molar-refractivity contribution in [1.29, 1.82) is 0 Å². The van der Waals surface area contributed by atoms with E-state index in [1.807, 2.05) is 0 Å². The number of alkyl halides is 3. The molecular formula is C85H126F3N13O18. The first kappa shape index (κ1) is 99.3. The Hall–Kier alpha value is -10.2. The van der Waals surface area contributed by atoms with Crippen molar-refractivity contribution in [1.82, 2.24) is 67.1 Å². The fourth-order valence-electron chi connectivity index (χ4n) is 14.7. The van der Waals surface area contributed by atoms with E-state index in [9.17, 15) is 14.7 Å². The lowest BCUT2D eigenvalue weighted by Crippen LogP contribution is -2.65. The summed E-state index contributed by atoms with van der Waals surface area (Å²) < 4.78 is 71.0. The standard InChI is InChI=1S/C85H126F3N13O18/c1-42(2)39-56-71(103)93-64(47(11)12)79(111)100(22)68(49(15)16)81(113)99(21)57(40-53-41-90-55-37-32-38-58(116-24)59(53)55)72(104)91-61(44(5)6)75(107)97-67(70(52-33-28-26-29-34-52)119-83(115)84(117-25,85(86,87)88)54-35-30-27-31-36-54)76(108)95-65(48(13)14)82(114)118-51(18)66(96-74(106)62(45(7)8)92-73(105)60(89-19)43(3)4)80(112)101(23)69(50(17)102)77(109)94-63(46(9)10)78(110)98(56)20/h26-38,41-51,56-57,60-70,89-90,102H,39-40H2,1-25H3,(H,91,104)(H,92,105)(H,93,103)(H,94,109)(H,95,108)(H,96,106)(H,97,107)/t50-,51-,56+,57+,60+,61+,62+,63+,64+,65+,66+,67+,68+,69+,70-,84+/m1/s1. The Morgan fingerprint density at radius 2 is 1.02 bits per heavy atom. The number of hydrogen-bond donors (Lipinski definition) is 10. The Morgan fingerprint density at radius 3 is 1.50 bits per heavy atom. The predicted octanol–water partition coefficient (Wildman–Crippen LogP) is 5.36. The van der Waals surface area contributed by atoms with Gasteiger partial charge in [0, 0.05) is 64.4 Å². The van der Waals surface area contributed by atoms with Gasteiger partial charge in [0.25, 0.3) is 5.60 Å². The molecule has 31 nitrogen and oxygen atoms in total. The molecule has 34 heteroatoms. The van der Waals surface area contributed by atoms with Gasteiger partial charge in [0.05, 0.1) is 19.3 Å². The van der Waals surface area contributed by atoms with Gasteiger partial charge in [-0.15, -0.1) is 0 Å². The third-order valence-electron chi connectivity index (χ3n) is 21.6. The lowest BCUT2D eigenvalue weighted by atomic mass is 9.92. The topological polar surface area (TPSA) is 404 Å². The van der Waals surface area contributed by atoms with Crippen LogP contribution in [0.4, 0.5) is 13.2 Å². The number of aromatic amines is 1. The summed E-state index contributed by atoms with van der Waals surface area (Å²) in [6, 6.07) is -2.36. The van der Waals surface area contributed by atoms with Gasteiger partial charge in [0.2, 0.25) is 65.0 Å². The highest BCUT2D eigenvalue weighted by molar-refractivity contribution is 6.01. The molecule has 10 N–H and O–H groups in total. The van der Waals surface area contributed by atoms with Gasteiger partial charge in [-0.1, -0.05) is 178 Å². The minimum atomic E-state index is -5.63. The van der Waals surface area contributed by atoms with Crippen molar-refractivity contribution in [2.75, 3.05) is 49.5 Å². The molecule has 1 fully saturated rings. The number of ether oxygens (including phenoxy) is 4. The zero-order chi connectivity index (χ0) is 90.1. The number of aromatic nitrogens is 1. The van der Waals surface area contributed by atoms with E-state index in [1.54, 1.807) is 107 Å². The van der Waals surface area contributed by atoms with Gasteiger partial charge in [-0.25, -0.2) is 9.59 Å². The Kier molecular flexibility index (Phi) is 36.0. The van der Waals surface area contributed by atoms with E-state index in [0.29, 0.717) is 29.3 Å². The second-order valence-corrected chi connectivity index (χ2v) is 33.5. The summed E-state index contributed by atoms with van der Waals surface area (Å²) >= 11 is 0. The summed E-state index contributed by atoms with van der Waals surface area (Å²) in [6.07, 6.45) is -10.4. The third kappa shape index (κ3) is 23.9. The van der Waals surface area contributed by atoms with Crippen LogP contribution in [0.5, 0.6) is 5.75 Å². The van der Waals surface area contributed by atoms with E-state index in [4.69, 9.17) is 18.9 Å². The van der Waals surface area contributed by atoms with Gasteiger partial charge >= 0.3 is 18.1 Å². The molecule has 0 saturated carbocycles. The monoisotopic (exact) mass is 1670 g/mol. The molecule has 0 unspecified atom stereocenters. The number of hydrogen-bond acceptors (Lipinski definition) is 19. The minimum absolute atomic E-state index is 0.00623. The van der Waals surface area contributed by atoms with Crippen LogP contribution in [-0.2, 0) is 88.6 Å². The van der Waals surface area contributed by atoms with Crippen LogP contribution >= 0.6 is 0 Å². The van der Waals surface area contributed by atoms with E-state index in [0.717, 1.165) is 52.6 Å². The molecule has 1 aromatic heterocycles. The first-order valence-electron chi connectivity index (χ1n) is 40.3. The highest BCUT2D eigenvalue weighted by atomic mass is 19.4. The third-order valence-corrected chi connectivity index (χ3v) is 21.6. The largest absolute Gasteiger partial charge is 0.496 e. The van der Waals surface area contributed by atoms with Gasteiger partial charge < -0.3 is 91.2 Å². The molecule has 0 spiro atoms. The van der Waals surface area contributed by atoms with Crippen LogP contribution in [0.3, 0.4) is 0 Å². The highest BCUT2D eigenvalue weighted by Gasteiger charge is 2.65. The Balaban J connectivity index is 1.89. The number of carbonyl (C=O) groups excluding carboxylic acids is 13. The first-order chi connectivity index (χ1) is 55.5. The second-order valence-electron chi connectivity index (χ2n) is 33.5. The van der Waals surface area contributed by atoms with E-state index in [1.165, 1.54) is 112 Å². The maximum atomic E-state index is 16.0. The summed E-state index contributed by atoms with van der Waals surface area (Å²) in [4.78, 5) is 207. The molecule has 3 aromatic carbocycles. The van der Waals surface area contributed by atoms with Crippen molar-refractivity contribution < 1.29 is 99.6 Å². The van der Waals surface area contributed by atoms with Crippen molar-refractivity contribution in [2.45, 2.75) is 240 Å². The number of H-pyrrole nitrogens is 1. The van der Waals surface area contributed by atoms with Crippen LogP contribution in [0.1, 0.15) is 154 Å². The Labute approximate surface area is 695 Å². The molecule has 11 amide bonds. The van der Waals surface area contributed by atoms with Crippen LogP contribution in [0, 0.1) is 47.3 Å². The minimum Gasteiger partial charge on any atom is -0.496 e. The number of nitrogens with one attached hydrogen (secondary N) is 9. The van der Waals surface area contributed by atoms with Crippen molar-refractivity contribution >= 4 is 87.8 Å². The van der Waals surface area contributed by atoms with Gasteiger partial charge in [-0.3, -0.25) is 52.7 Å². The molecule has 0 aliphatic carbocycles. The second kappa shape index (κ2) is 43.1. The van der Waals surface area contributed by atoms with Crippen molar-refractivity contribution in [3.05, 3.63) is 102 Å². The lowest BCUT2D eigenvalue weighted by Gasteiger charge is -2.39. The van der Waals surface area contributed by atoms with Crippen molar-refractivity contribution in [2.24, 2.45) is 47.3 Å². The van der Waals surface area contributed by atoms with Crippen molar-refractivity contribution in [3.8, 4) is 5.75 Å². The fourth-order valence-corrected chi connectivity index (χ4v) is 14.7. The van der Waals surface area contributed by atoms with Crippen LogP contribution in [-0.4, -0.2) is 247 Å². The van der Waals surface area contributed by atoms with E-state index in [2.05, 4.69) is 47.5 Å². The molecule has 5 rings (SSSR count). The summed E-state index contributed by atoms with van der Waals surface area (Å²) in [5.41, 5.74) is -4.00. The Morgan fingerprint density at radius 1 is 0.538 bits per heavy atom. The number of amides is 11. The average Bonchev–Trinajstić information content (AvgIpc) is 1.27. The fraction of sp³-hybridized carbons (Fsp3) is 0.612. The molecule has 0 bridgehead atoms. The molecule has 660 valence electrons. The summed E-state index contributed by atoms with van der Waals surface area (Å²) in [5.74, 6) is -19.9. The number of aliphatic hydroxyl groups excluding tert-OH is 1. The quantitative estimate of drug-likeness (QED) is 0.0395. The van der Waals surface area contributed by atoms with Gasteiger partial charge in [-0.05, 0) is 97.9 Å². The lowest BCUT2D eigenvalue weighted by molar-refractivity contribution is -0.278. The van der Waals surface area contributed by atoms with Gasteiger partial charge in [0.15, 0.2) is 6.10 Å². The van der Waals surface area contributed by atoms with Crippen LogP contribution in [0.2, 0.25) is 0 Å². The number of rotatable bonds is 24. The summed E-state index contributed by atoms with van der Waals surface area (Å²) in [6.45, 7) is 28.1. The molecule has 1 aliphatic heterocycles. The van der Waals surface area contributed by atoms with E-state index in [-0.39, 0.29) is 30.2 Å². The molecule has 2 heterocycles. The normalized spacial score (nSPS) is 23.9. The maximum absolute atomic E-state index is 16.0. The van der Waals surface area contributed by atoms with E-state index >= 15 is 65.9 Å². The molecule has 119 heavy (non-hydrogen) atoms. The molecule has 16 atom stereocenters. The number of aliphatic hydroxyl groups is 1. The van der Waals surface area contributed by atoms with Crippen LogP contribution < -0.4 is 47.3 Å².